The first kappa shape index (κ1) is 13.8. The van der Waals surface area contributed by atoms with Crippen molar-refractivity contribution in [3.63, 3.8) is 0 Å². The molecule has 1 saturated carbocycles. The molecule has 0 aromatic heterocycles. The van der Waals surface area contributed by atoms with Crippen LogP contribution in [-0.4, -0.2) is 18.1 Å². The lowest BCUT2D eigenvalue weighted by Gasteiger charge is -2.33. The van der Waals surface area contributed by atoms with Crippen LogP contribution in [0.5, 0.6) is 5.75 Å². The number of amides is 1. The number of ether oxygens (including phenoxy) is 1. The molecule has 0 unspecified atom stereocenters. The van der Waals surface area contributed by atoms with Gasteiger partial charge in [0.1, 0.15) is 23.7 Å². The average Bonchev–Trinajstić information content (AvgIpc) is 2.37. The largest absolute Gasteiger partial charge is 0.491 e. The number of benzene rings is 1. The molecule has 0 bridgehead atoms. The minimum Gasteiger partial charge on any atom is -0.491 e. The van der Waals surface area contributed by atoms with Gasteiger partial charge in [-0.1, -0.05) is 25.3 Å². The first-order valence-corrected chi connectivity index (χ1v) is 6.52. The molecule has 104 valence electrons. The minimum atomic E-state index is -0.831. The summed E-state index contributed by atoms with van der Waals surface area (Å²) in [5, 5.41) is 0. The van der Waals surface area contributed by atoms with Crippen molar-refractivity contribution in [2.75, 3.05) is 6.61 Å². The lowest BCUT2D eigenvalue weighted by molar-refractivity contribution is 0.0988. The summed E-state index contributed by atoms with van der Waals surface area (Å²) in [6.07, 6.45) is 5.10. The van der Waals surface area contributed by atoms with Crippen LogP contribution < -0.4 is 16.2 Å². The monoisotopic (exact) mass is 266 g/mol. The number of hydrogen-bond donors (Lipinski definition) is 2. The second-order valence-corrected chi connectivity index (χ2v) is 5.19. The molecule has 0 radical (unpaired) electrons. The van der Waals surface area contributed by atoms with E-state index >= 15 is 0 Å². The highest BCUT2D eigenvalue weighted by Gasteiger charge is 2.29. The number of nitrogens with two attached hydrogens (primary N) is 2. The molecule has 0 heterocycles. The number of rotatable bonds is 4. The van der Waals surface area contributed by atoms with E-state index < -0.39 is 11.7 Å². The van der Waals surface area contributed by atoms with Crippen LogP contribution >= 0.6 is 0 Å². The highest BCUT2D eigenvalue weighted by atomic mass is 19.1. The molecule has 0 aliphatic heterocycles. The first-order valence-electron chi connectivity index (χ1n) is 6.52. The fraction of sp³-hybridized carbons (Fsp3) is 0.500. The van der Waals surface area contributed by atoms with E-state index in [1.807, 2.05) is 0 Å². The fourth-order valence-corrected chi connectivity index (χ4v) is 2.49. The van der Waals surface area contributed by atoms with Gasteiger partial charge in [0.25, 0.3) is 5.91 Å². The molecule has 5 heteroatoms. The van der Waals surface area contributed by atoms with Crippen molar-refractivity contribution in [1.82, 2.24) is 0 Å². The molecular formula is C14H19FN2O2. The lowest BCUT2D eigenvalue weighted by Crippen LogP contribution is -2.47. The van der Waals surface area contributed by atoms with Crippen LogP contribution in [0.25, 0.3) is 0 Å². The summed E-state index contributed by atoms with van der Waals surface area (Å²) in [6.45, 7) is 0.275. The van der Waals surface area contributed by atoms with Crippen LogP contribution in [0, 0.1) is 5.82 Å². The molecule has 1 aromatic rings. The molecule has 0 saturated heterocycles. The number of primary amides is 1. The third-order valence-corrected chi connectivity index (χ3v) is 3.59. The van der Waals surface area contributed by atoms with Crippen molar-refractivity contribution in [2.45, 2.75) is 37.6 Å². The summed E-state index contributed by atoms with van der Waals surface area (Å²) < 4.78 is 19.1. The zero-order valence-corrected chi connectivity index (χ0v) is 10.8. The summed E-state index contributed by atoms with van der Waals surface area (Å²) in [4.78, 5) is 11.2. The first-order chi connectivity index (χ1) is 9.02. The van der Waals surface area contributed by atoms with Crippen molar-refractivity contribution in [3.05, 3.63) is 29.6 Å². The van der Waals surface area contributed by atoms with Crippen LogP contribution in [0.1, 0.15) is 42.5 Å². The van der Waals surface area contributed by atoms with Crippen LogP contribution in [0.4, 0.5) is 4.39 Å². The third-order valence-electron chi connectivity index (χ3n) is 3.59. The molecule has 1 amide bonds. The Morgan fingerprint density at radius 2 is 2.00 bits per heavy atom. The van der Waals surface area contributed by atoms with E-state index in [4.69, 9.17) is 16.2 Å². The minimum absolute atomic E-state index is 0.169. The maximum Gasteiger partial charge on any atom is 0.255 e. The SMILES string of the molecule is NC(=O)c1c(F)cccc1OCC1(N)CCCCC1. The summed E-state index contributed by atoms with van der Waals surface area (Å²) in [5.74, 6) is -1.33. The van der Waals surface area contributed by atoms with Gasteiger partial charge < -0.3 is 16.2 Å². The number of halogens is 1. The van der Waals surface area contributed by atoms with Gasteiger partial charge in [-0.2, -0.15) is 0 Å². The number of carbonyl (C=O) groups is 1. The lowest BCUT2D eigenvalue weighted by atomic mass is 9.83. The van der Waals surface area contributed by atoms with Crippen molar-refractivity contribution in [1.29, 1.82) is 0 Å². The molecule has 1 aromatic carbocycles. The standard InChI is InChI=1S/C14H19FN2O2/c15-10-5-4-6-11(12(10)13(16)18)19-9-14(17)7-2-1-3-8-14/h4-6H,1-3,7-9,17H2,(H2,16,18). The van der Waals surface area contributed by atoms with Crippen LogP contribution in [0.15, 0.2) is 18.2 Å². The van der Waals surface area contributed by atoms with Gasteiger partial charge in [-0.3, -0.25) is 4.79 Å². The molecule has 1 aliphatic rings. The van der Waals surface area contributed by atoms with E-state index in [1.165, 1.54) is 24.6 Å². The zero-order chi connectivity index (χ0) is 13.9. The van der Waals surface area contributed by atoms with Gasteiger partial charge in [0.15, 0.2) is 0 Å². The van der Waals surface area contributed by atoms with E-state index in [2.05, 4.69) is 0 Å². The van der Waals surface area contributed by atoms with Crippen LogP contribution in [0.2, 0.25) is 0 Å². The molecule has 2 rings (SSSR count). The number of hydrogen-bond acceptors (Lipinski definition) is 3. The zero-order valence-electron chi connectivity index (χ0n) is 10.8. The van der Waals surface area contributed by atoms with Crippen molar-refractivity contribution >= 4 is 5.91 Å². The Labute approximate surface area is 111 Å². The summed E-state index contributed by atoms with van der Waals surface area (Å²) in [6, 6.07) is 4.21. The van der Waals surface area contributed by atoms with Crippen LogP contribution in [-0.2, 0) is 0 Å². The molecule has 1 aliphatic carbocycles. The van der Waals surface area contributed by atoms with Crippen molar-refractivity contribution in [2.24, 2.45) is 11.5 Å². The van der Waals surface area contributed by atoms with Crippen LogP contribution in [0.3, 0.4) is 0 Å². The molecule has 19 heavy (non-hydrogen) atoms. The van der Waals surface area contributed by atoms with Gasteiger partial charge in [0.2, 0.25) is 0 Å². The Hall–Kier alpha value is -1.62. The molecule has 1 fully saturated rings. The molecule has 4 N–H and O–H groups in total. The Bertz CT molecular complexity index is 471. The smallest absolute Gasteiger partial charge is 0.255 e. The second kappa shape index (κ2) is 5.57. The second-order valence-electron chi connectivity index (χ2n) is 5.19. The Balaban J connectivity index is 2.11. The fourth-order valence-electron chi connectivity index (χ4n) is 2.49. The molecule has 0 atom stereocenters. The van der Waals surface area contributed by atoms with E-state index in [0.717, 1.165) is 25.7 Å². The van der Waals surface area contributed by atoms with Crippen molar-refractivity contribution in [3.8, 4) is 5.75 Å². The van der Waals surface area contributed by atoms with Gasteiger partial charge in [-0.15, -0.1) is 0 Å². The predicted molar refractivity (Wildman–Crippen MR) is 70.4 cm³/mol. The van der Waals surface area contributed by atoms with Gasteiger partial charge >= 0.3 is 0 Å². The van der Waals surface area contributed by atoms with E-state index in [0.29, 0.717) is 0 Å². The predicted octanol–water partition coefficient (Wildman–Crippen LogP) is 1.97. The van der Waals surface area contributed by atoms with Gasteiger partial charge in [0.05, 0.1) is 5.54 Å². The summed E-state index contributed by atoms with van der Waals surface area (Å²) >= 11 is 0. The Morgan fingerprint density at radius 3 is 2.63 bits per heavy atom. The highest BCUT2D eigenvalue weighted by Crippen LogP contribution is 2.28. The molecule has 4 nitrogen and oxygen atoms in total. The topological polar surface area (TPSA) is 78.3 Å². The maximum absolute atomic E-state index is 13.5. The van der Waals surface area contributed by atoms with E-state index in [-0.39, 0.29) is 23.5 Å². The number of carbonyl (C=O) groups excluding carboxylic acids is 1. The highest BCUT2D eigenvalue weighted by molar-refractivity contribution is 5.95. The molecular weight excluding hydrogens is 247 g/mol. The summed E-state index contributed by atoms with van der Waals surface area (Å²) in [7, 11) is 0. The van der Waals surface area contributed by atoms with E-state index in [1.54, 1.807) is 0 Å². The normalized spacial score (nSPS) is 18.0. The Kier molecular flexibility index (Phi) is 4.04. The van der Waals surface area contributed by atoms with Crippen molar-refractivity contribution < 1.29 is 13.9 Å². The van der Waals surface area contributed by atoms with Gasteiger partial charge in [0, 0.05) is 0 Å². The maximum atomic E-state index is 13.5. The summed E-state index contributed by atoms with van der Waals surface area (Å²) in [5.41, 5.74) is 10.8. The molecule has 0 spiro atoms. The van der Waals surface area contributed by atoms with Gasteiger partial charge in [-0.25, -0.2) is 4.39 Å². The third kappa shape index (κ3) is 3.23. The van der Waals surface area contributed by atoms with E-state index in [9.17, 15) is 9.18 Å². The Morgan fingerprint density at radius 1 is 1.32 bits per heavy atom. The quantitative estimate of drug-likeness (QED) is 0.874. The van der Waals surface area contributed by atoms with Gasteiger partial charge in [-0.05, 0) is 25.0 Å². The average molecular weight is 266 g/mol.